The maximum atomic E-state index is 11.0. The number of nitrogens with zero attached hydrogens (tertiary/aromatic N) is 1. The van der Waals surface area contributed by atoms with Crippen LogP contribution in [0.4, 0.5) is 0 Å². The van der Waals surface area contributed by atoms with Gasteiger partial charge < -0.3 is 5.11 Å². The molecule has 0 amide bonds. The van der Waals surface area contributed by atoms with Crippen LogP contribution >= 0.6 is 27.7 Å². The van der Waals surface area contributed by atoms with Crippen molar-refractivity contribution in [2.45, 2.75) is 31.3 Å². The van der Waals surface area contributed by atoms with Crippen molar-refractivity contribution < 1.29 is 5.11 Å². The number of rotatable bonds is 5. The van der Waals surface area contributed by atoms with Crippen LogP contribution < -0.4 is 0 Å². The lowest BCUT2D eigenvalue weighted by atomic mass is 9.74. The number of thioether (sulfide) groups is 1. The van der Waals surface area contributed by atoms with Gasteiger partial charge >= 0.3 is 0 Å². The van der Waals surface area contributed by atoms with Gasteiger partial charge in [0, 0.05) is 38.5 Å². The lowest BCUT2D eigenvalue weighted by molar-refractivity contribution is -0.0444. The van der Waals surface area contributed by atoms with E-state index >= 15 is 0 Å². The van der Waals surface area contributed by atoms with Crippen LogP contribution in [0.15, 0.2) is 58.2 Å². The summed E-state index contributed by atoms with van der Waals surface area (Å²) in [5, 5.41) is 11.0. The lowest BCUT2D eigenvalue weighted by Gasteiger charge is -2.40. The third-order valence-electron chi connectivity index (χ3n) is 3.95. The van der Waals surface area contributed by atoms with E-state index in [1.807, 2.05) is 31.2 Å². The first-order valence-corrected chi connectivity index (χ1v) is 8.62. The van der Waals surface area contributed by atoms with E-state index in [2.05, 4.69) is 46.9 Å². The molecule has 0 saturated heterocycles. The highest BCUT2D eigenvalue weighted by Crippen LogP contribution is 2.42. The Morgan fingerprint density at radius 1 is 1.14 bits per heavy atom. The summed E-state index contributed by atoms with van der Waals surface area (Å²) in [5.74, 6) is 0.816. The fraction of sp³-hybridized carbons (Fsp3) is 0.353. The molecule has 0 bridgehead atoms. The Labute approximate surface area is 139 Å². The van der Waals surface area contributed by atoms with Crippen LogP contribution in [0, 0.1) is 5.41 Å². The highest BCUT2D eigenvalue weighted by molar-refractivity contribution is 9.10. The number of hydrogen-bond acceptors (Lipinski definition) is 3. The van der Waals surface area contributed by atoms with Crippen LogP contribution in [-0.4, -0.2) is 15.8 Å². The van der Waals surface area contributed by atoms with Gasteiger partial charge in [0.05, 0.1) is 5.60 Å². The van der Waals surface area contributed by atoms with Gasteiger partial charge in [0.1, 0.15) is 0 Å². The minimum Gasteiger partial charge on any atom is -0.385 e. The second-order valence-corrected chi connectivity index (χ2v) is 7.90. The molecule has 21 heavy (non-hydrogen) atoms. The quantitative estimate of drug-likeness (QED) is 0.767. The van der Waals surface area contributed by atoms with E-state index in [-0.39, 0.29) is 5.41 Å². The summed E-state index contributed by atoms with van der Waals surface area (Å²) in [4.78, 5) is 5.32. The van der Waals surface area contributed by atoms with Crippen LogP contribution in [-0.2, 0) is 5.60 Å². The number of hydrogen-bond donors (Lipinski definition) is 1. The van der Waals surface area contributed by atoms with Crippen molar-refractivity contribution in [3.8, 4) is 0 Å². The molecule has 0 radical (unpaired) electrons. The Balaban J connectivity index is 2.12. The second kappa shape index (κ2) is 6.51. The molecule has 0 aliphatic carbocycles. The normalized spacial score (nSPS) is 14.7. The van der Waals surface area contributed by atoms with Gasteiger partial charge in [-0.2, -0.15) is 0 Å². The number of pyridine rings is 1. The standard InChI is InChI=1S/C17H20BrNOS/c1-16(2,12-21-15-8-6-14(18)7-9-15)17(3,20)13-5-4-10-19-11-13/h4-11,20H,12H2,1-3H3. The summed E-state index contributed by atoms with van der Waals surface area (Å²) in [5.41, 5.74) is -0.358. The molecule has 2 rings (SSSR count). The van der Waals surface area contributed by atoms with Gasteiger partial charge in [-0.05, 0) is 37.3 Å². The molecule has 0 fully saturated rings. The molecule has 1 unspecified atom stereocenters. The van der Waals surface area contributed by atoms with E-state index in [9.17, 15) is 5.11 Å². The van der Waals surface area contributed by atoms with Crippen molar-refractivity contribution in [1.82, 2.24) is 4.98 Å². The summed E-state index contributed by atoms with van der Waals surface area (Å²) in [6.07, 6.45) is 3.47. The Kier molecular flexibility index (Phi) is 5.12. The molecular formula is C17H20BrNOS. The first kappa shape index (κ1) is 16.5. The molecular weight excluding hydrogens is 346 g/mol. The van der Waals surface area contributed by atoms with Crippen molar-refractivity contribution in [3.63, 3.8) is 0 Å². The highest BCUT2D eigenvalue weighted by Gasteiger charge is 2.40. The average molecular weight is 366 g/mol. The summed E-state index contributed by atoms with van der Waals surface area (Å²) < 4.78 is 1.08. The SMILES string of the molecule is CC(C)(CSc1ccc(Br)cc1)C(C)(O)c1cccnc1. The maximum Gasteiger partial charge on any atom is 0.0941 e. The van der Waals surface area contributed by atoms with Gasteiger partial charge in [0.2, 0.25) is 0 Å². The molecule has 1 N–H and O–H groups in total. The molecule has 4 heteroatoms. The summed E-state index contributed by atoms with van der Waals surface area (Å²) in [6, 6.07) is 12.0. The summed E-state index contributed by atoms with van der Waals surface area (Å²) in [7, 11) is 0. The number of benzene rings is 1. The Hall–Kier alpha value is -0.840. The van der Waals surface area contributed by atoms with Crippen LogP contribution in [0.1, 0.15) is 26.3 Å². The first-order valence-electron chi connectivity index (χ1n) is 6.84. The predicted octanol–water partition coefficient (Wildman–Crippen LogP) is 4.87. The first-order chi connectivity index (χ1) is 9.83. The fourth-order valence-corrected chi connectivity index (χ4v) is 3.38. The van der Waals surface area contributed by atoms with Gasteiger partial charge in [-0.3, -0.25) is 4.98 Å². The minimum absolute atomic E-state index is 0.284. The molecule has 0 aliphatic heterocycles. The van der Waals surface area contributed by atoms with Gasteiger partial charge in [-0.25, -0.2) is 0 Å². The molecule has 1 aromatic heterocycles. The molecule has 2 nitrogen and oxygen atoms in total. The maximum absolute atomic E-state index is 11.0. The van der Waals surface area contributed by atoms with Gasteiger partial charge in [0.15, 0.2) is 0 Å². The van der Waals surface area contributed by atoms with Crippen molar-refractivity contribution >= 4 is 27.7 Å². The van der Waals surface area contributed by atoms with Gasteiger partial charge in [0.25, 0.3) is 0 Å². The second-order valence-electron chi connectivity index (χ2n) is 5.94. The molecule has 0 spiro atoms. The smallest absolute Gasteiger partial charge is 0.0941 e. The Morgan fingerprint density at radius 2 is 1.81 bits per heavy atom. The summed E-state index contributed by atoms with van der Waals surface area (Å²) >= 11 is 5.20. The Bertz CT molecular complexity index is 581. The molecule has 112 valence electrons. The number of halogens is 1. The number of aliphatic hydroxyl groups is 1. The van der Waals surface area contributed by atoms with E-state index in [0.29, 0.717) is 0 Å². The highest BCUT2D eigenvalue weighted by atomic mass is 79.9. The van der Waals surface area contributed by atoms with Crippen LogP contribution in [0.3, 0.4) is 0 Å². The number of aromatic nitrogens is 1. The molecule has 1 aromatic carbocycles. The third-order valence-corrected chi connectivity index (χ3v) is 5.95. The topological polar surface area (TPSA) is 33.1 Å². The van der Waals surface area contributed by atoms with Crippen LogP contribution in [0.2, 0.25) is 0 Å². The molecule has 0 saturated carbocycles. The zero-order chi connectivity index (χ0) is 15.5. The third kappa shape index (κ3) is 3.87. The van der Waals surface area contributed by atoms with Crippen molar-refractivity contribution in [1.29, 1.82) is 0 Å². The lowest BCUT2D eigenvalue weighted by Crippen LogP contribution is -2.41. The minimum atomic E-state index is -0.927. The zero-order valence-corrected chi connectivity index (χ0v) is 14.9. The molecule has 1 heterocycles. The monoisotopic (exact) mass is 365 g/mol. The molecule has 0 aliphatic rings. The van der Waals surface area contributed by atoms with Crippen molar-refractivity contribution in [2.75, 3.05) is 5.75 Å². The predicted molar refractivity (Wildman–Crippen MR) is 92.5 cm³/mol. The van der Waals surface area contributed by atoms with Crippen LogP contribution in [0.5, 0.6) is 0 Å². The van der Waals surface area contributed by atoms with Crippen molar-refractivity contribution in [3.05, 3.63) is 58.8 Å². The van der Waals surface area contributed by atoms with E-state index in [1.54, 1.807) is 24.2 Å². The van der Waals surface area contributed by atoms with Gasteiger partial charge in [-0.1, -0.05) is 35.8 Å². The van der Waals surface area contributed by atoms with E-state index in [0.717, 1.165) is 15.8 Å². The van der Waals surface area contributed by atoms with Crippen LogP contribution in [0.25, 0.3) is 0 Å². The fourth-order valence-electron chi connectivity index (χ4n) is 1.98. The summed E-state index contributed by atoms with van der Waals surface area (Å²) in [6.45, 7) is 6.05. The molecule has 1 atom stereocenters. The average Bonchev–Trinajstić information content (AvgIpc) is 2.47. The zero-order valence-electron chi connectivity index (χ0n) is 12.5. The largest absolute Gasteiger partial charge is 0.385 e. The van der Waals surface area contributed by atoms with E-state index in [4.69, 9.17) is 0 Å². The van der Waals surface area contributed by atoms with Crippen molar-refractivity contribution in [2.24, 2.45) is 5.41 Å². The Morgan fingerprint density at radius 3 is 2.38 bits per heavy atom. The van der Waals surface area contributed by atoms with Gasteiger partial charge in [-0.15, -0.1) is 11.8 Å². The van der Waals surface area contributed by atoms with E-state index < -0.39 is 5.60 Å². The molecule has 2 aromatic rings. The van der Waals surface area contributed by atoms with E-state index in [1.165, 1.54) is 4.90 Å².